The first-order valence-electron chi connectivity index (χ1n) is 21.3. The van der Waals surface area contributed by atoms with Crippen molar-refractivity contribution in [3.05, 3.63) is 229 Å². The summed E-state index contributed by atoms with van der Waals surface area (Å²) in [5.41, 5.74) is 3.36. The summed E-state index contributed by atoms with van der Waals surface area (Å²) in [5, 5.41) is 23.8. The summed E-state index contributed by atoms with van der Waals surface area (Å²) in [6.07, 6.45) is 0. The minimum atomic E-state index is -0.901. The van der Waals surface area contributed by atoms with E-state index in [0.717, 1.165) is 43.8 Å². The number of carbonyl (C=O) groups is 4. The van der Waals surface area contributed by atoms with Gasteiger partial charge in [-0.1, -0.05) is 194 Å². The van der Waals surface area contributed by atoms with Crippen LogP contribution in [0.25, 0.3) is 21.5 Å². The quantitative estimate of drug-likeness (QED) is 0.103. The van der Waals surface area contributed by atoms with Crippen LogP contribution in [0.5, 0.6) is 11.5 Å². The Labute approximate surface area is 370 Å². The van der Waals surface area contributed by atoms with Crippen molar-refractivity contribution >= 4 is 45.4 Å². The molecule has 0 heterocycles. The molecule has 0 bridgehead atoms. The van der Waals surface area contributed by atoms with E-state index in [1.54, 1.807) is 12.1 Å². The molecule has 2 aliphatic carbocycles. The van der Waals surface area contributed by atoms with E-state index in [1.807, 2.05) is 194 Å². The van der Waals surface area contributed by atoms with Gasteiger partial charge in [0.15, 0.2) is 0 Å². The highest BCUT2D eigenvalue weighted by atomic mass is 16.5. The largest absolute Gasteiger partial charge is 0.481 e. The van der Waals surface area contributed by atoms with Crippen molar-refractivity contribution in [1.82, 2.24) is 0 Å². The maximum Gasteiger partial charge on any atom is 0.315 e. The molecule has 8 heteroatoms. The molecule has 2 N–H and O–H groups in total. The van der Waals surface area contributed by atoms with E-state index in [1.165, 1.54) is 0 Å². The maximum absolute atomic E-state index is 13.6. The standard InChI is InChI=1S/2C28H22O4/c2*29-27(30)25-23(19-11-3-1-4-12-19)26(24(25)20-13-5-2-6-14-20)28(31)32-22-17-9-15-18-10-7-8-16-21(18)22/h2*1-17,23-26H,(H,29,30)/t2*23-,24-,25?,26?/m10/s1. The van der Waals surface area contributed by atoms with Gasteiger partial charge in [0.25, 0.3) is 0 Å². The normalized spacial score (nSPS) is 22.1. The second-order valence-corrected chi connectivity index (χ2v) is 16.3. The van der Waals surface area contributed by atoms with Crippen molar-refractivity contribution in [2.75, 3.05) is 0 Å². The maximum atomic E-state index is 13.6. The number of carboxylic acids is 2. The molecule has 2 saturated carbocycles. The van der Waals surface area contributed by atoms with Gasteiger partial charge in [-0.25, -0.2) is 0 Å². The topological polar surface area (TPSA) is 127 Å². The van der Waals surface area contributed by atoms with Crippen LogP contribution in [0.1, 0.15) is 45.9 Å². The number of esters is 2. The summed E-state index contributed by atoms with van der Waals surface area (Å²) in [6.45, 7) is 0. The number of hydrogen-bond donors (Lipinski definition) is 2. The third-order valence-electron chi connectivity index (χ3n) is 12.9. The van der Waals surface area contributed by atoms with Gasteiger partial charge in [-0.05, 0) is 45.2 Å². The van der Waals surface area contributed by atoms with Gasteiger partial charge in [0, 0.05) is 34.4 Å². The molecular formula is C56H44O8. The molecule has 0 saturated heterocycles. The van der Waals surface area contributed by atoms with Crippen LogP contribution in [0.15, 0.2) is 206 Å². The van der Waals surface area contributed by atoms with Crippen LogP contribution in [-0.4, -0.2) is 34.1 Å². The summed E-state index contributed by atoms with van der Waals surface area (Å²) in [5.74, 6) is -6.05. The lowest BCUT2D eigenvalue weighted by atomic mass is 9.52. The third kappa shape index (κ3) is 8.02. The monoisotopic (exact) mass is 844 g/mol. The first kappa shape index (κ1) is 41.5. The van der Waals surface area contributed by atoms with Gasteiger partial charge in [0.1, 0.15) is 11.5 Å². The molecule has 8 aromatic rings. The Morgan fingerprint density at radius 1 is 0.312 bits per heavy atom. The Hall–Kier alpha value is -7.84. The van der Waals surface area contributed by atoms with Crippen LogP contribution in [0, 0.1) is 23.7 Å². The van der Waals surface area contributed by atoms with E-state index in [-0.39, 0.29) is 0 Å². The Kier molecular flexibility index (Phi) is 11.8. The Morgan fingerprint density at radius 2 is 0.578 bits per heavy atom. The van der Waals surface area contributed by atoms with Crippen LogP contribution in [-0.2, 0) is 19.2 Å². The molecule has 8 aromatic carbocycles. The molecule has 316 valence electrons. The minimum Gasteiger partial charge on any atom is -0.481 e. The minimum absolute atomic E-state index is 0.401. The van der Waals surface area contributed by atoms with Crippen LogP contribution in [0.3, 0.4) is 0 Å². The van der Waals surface area contributed by atoms with Crippen molar-refractivity contribution in [1.29, 1.82) is 0 Å². The van der Waals surface area contributed by atoms with Crippen molar-refractivity contribution in [2.24, 2.45) is 23.7 Å². The van der Waals surface area contributed by atoms with E-state index < -0.39 is 71.2 Å². The molecule has 0 amide bonds. The van der Waals surface area contributed by atoms with E-state index in [9.17, 15) is 29.4 Å². The summed E-state index contributed by atoms with van der Waals surface area (Å²) < 4.78 is 11.9. The highest BCUT2D eigenvalue weighted by Crippen LogP contribution is 2.59. The van der Waals surface area contributed by atoms with Crippen LogP contribution in [0.4, 0.5) is 0 Å². The number of carboxylic acid groups (broad SMARTS) is 2. The molecule has 0 aromatic heterocycles. The zero-order chi connectivity index (χ0) is 44.2. The highest BCUT2D eigenvalue weighted by molar-refractivity contribution is 5.93. The molecule has 2 fully saturated rings. The molecule has 0 spiro atoms. The molecular weight excluding hydrogens is 801 g/mol. The average Bonchev–Trinajstić information content (AvgIpc) is 3.30. The second kappa shape index (κ2) is 18.2. The highest BCUT2D eigenvalue weighted by Gasteiger charge is 2.60. The Bertz CT molecular complexity index is 2630. The third-order valence-corrected chi connectivity index (χ3v) is 12.9. The molecule has 0 unspecified atom stereocenters. The number of rotatable bonds is 10. The molecule has 0 radical (unpaired) electrons. The van der Waals surface area contributed by atoms with E-state index >= 15 is 0 Å². The van der Waals surface area contributed by atoms with Gasteiger partial charge in [-0.15, -0.1) is 0 Å². The van der Waals surface area contributed by atoms with Gasteiger partial charge in [-0.2, -0.15) is 0 Å². The van der Waals surface area contributed by atoms with Crippen LogP contribution >= 0.6 is 0 Å². The zero-order valence-corrected chi connectivity index (χ0v) is 34.6. The lowest BCUT2D eigenvalue weighted by Crippen LogP contribution is -2.52. The fourth-order valence-corrected chi connectivity index (χ4v) is 9.98. The second-order valence-electron chi connectivity index (χ2n) is 16.3. The summed E-state index contributed by atoms with van der Waals surface area (Å²) in [7, 11) is 0. The number of fused-ring (bicyclic) bond motifs is 2. The van der Waals surface area contributed by atoms with Crippen molar-refractivity contribution < 1.29 is 38.9 Å². The molecule has 64 heavy (non-hydrogen) atoms. The van der Waals surface area contributed by atoms with E-state index in [0.29, 0.717) is 11.5 Å². The smallest absolute Gasteiger partial charge is 0.315 e. The number of ether oxygens (including phenoxy) is 2. The molecule has 4 atom stereocenters. The van der Waals surface area contributed by atoms with Gasteiger partial charge < -0.3 is 19.7 Å². The Morgan fingerprint density at radius 3 is 0.875 bits per heavy atom. The predicted octanol–water partition coefficient (Wildman–Crippen LogP) is 11.3. The van der Waals surface area contributed by atoms with E-state index in [4.69, 9.17) is 9.47 Å². The number of carbonyl (C=O) groups excluding carboxylic acids is 2. The van der Waals surface area contributed by atoms with E-state index in [2.05, 4.69) is 0 Å². The van der Waals surface area contributed by atoms with Gasteiger partial charge >= 0.3 is 23.9 Å². The fraction of sp³-hybridized carbons (Fsp3) is 0.143. The first-order chi connectivity index (χ1) is 31.3. The lowest BCUT2D eigenvalue weighted by molar-refractivity contribution is -0.160. The van der Waals surface area contributed by atoms with Crippen molar-refractivity contribution in [3.8, 4) is 11.5 Å². The van der Waals surface area contributed by atoms with Gasteiger partial charge in [0.05, 0.1) is 23.7 Å². The molecule has 0 aliphatic heterocycles. The number of aliphatic carboxylic acids is 2. The van der Waals surface area contributed by atoms with Crippen molar-refractivity contribution in [2.45, 2.75) is 23.7 Å². The zero-order valence-electron chi connectivity index (χ0n) is 34.6. The summed E-state index contributed by atoms with van der Waals surface area (Å²) in [6, 6.07) is 64.3. The Balaban J connectivity index is 0.000000162. The number of hydrogen-bond acceptors (Lipinski definition) is 6. The van der Waals surface area contributed by atoms with Gasteiger partial charge in [-0.3, -0.25) is 19.2 Å². The fourth-order valence-electron chi connectivity index (χ4n) is 9.98. The summed E-state index contributed by atoms with van der Waals surface area (Å²) >= 11 is 0. The molecule has 8 nitrogen and oxygen atoms in total. The lowest BCUT2D eigenvalue weighted by Gasteiger charge is -2.49. The first-order valence-corrected chi connectivity index (χ1v) is 21.3. The summed E-state index contributed by atoms with van der Waals surface area (Å²) in [4.78, 5) is 51.7. The average molecular weight is 845 g/mol. The van der Waals surface area contributed by atoms with Crippen LogP contribution in [0.2, 0.25) is 0 Å². The molecule has 10 rings (SSSR count). The molecule has 2 aliphatic rings. The van der Waals surface area contributed by atoms with Crippen LogP contribution < -0.4 is 9.47 Å². The number of benzene rings is 8. The predicted molar refractivity (Wildman–Crippen MR) is 245 cm³/mol. The van der Waals surface area contributed by atoms with Crippen molar-refractivity contribution in [3.63, 3.8) is 0 Å². The SMILES string of the molecule is O=C(O)C1[C@@H](c2ccccc2)C(C(=O)Oc2cccc3ccccc23)[C@@H]1c1ccccc1.O=C(O)C1[C@H](c2ccccc2)C(C(=O)Oc2cccc3ccccc23)[C@H]1c1ccccc1. The van der Waals surface area contributed by atoms with Gasteiger partial charge in [0.2, 0.25) is 0 Å².